The molecule has 154 valence electrons. The van der Waals surface area contributed by atoms with Crippen LogP contribution in [0.5, 0.6) is 11.5 Å². The first kappa shape index (κ1) is 21.5. The smallest absolute Gasteiger partial charge is 0.330 e. The molecule has 2 rings (SSSR count). The molecule has 0 aliphatic heterocycles. The number of hydrogen-bond acceptors (Lipinski definition) is 7. The van der Waals surface area contributed by atoms with E-state index in [1.807, 2.05) is 0 Å². The van der Waals surface area contributed by atoms with E-state index in [2.05, 4.69) is 5.32 Å². The van der Waals surface area contributed by atoms with Crippen LogP contribution in [0.15, 0.2) is 42.5 Å². The van der Waals surface area contributed by atoms with Gasteiger partial charge in [-0.1, -0.05) is 0 Å². The zero-order valence-corrected chi connectivity index (χ0v) is 16.1. The number of carboxylic acid groups (broad SMARTS) is 1. The number of aliphatic carboxylic acids is 1. The Morgan fingerprint density at radius 2 is 1.86 bits per heavy atom. The number of benzene rings is 2. The van der Waals surface area contributed by atoms with Crippen LogP contribution in [0.4, 0.5) is 5.69 Å². The van der Waals surface area contributed by atoms with Gasteiger partial charge in [-0.3, -0.25) is 10.2 Å². The SMILES string of the molecule is COc1ccc(C(Nc2ccc(C(=N)N)cc2)C(=O)O)c(OCCOC(C)=O)c1. The first-order valence-electron chi connectivity index (χ1n) is 8.69. The van der Waals surface area contributed by atoms with E-state index in [0.717, 1.165) is 0 Å². The quantitative estimate of drug-likeness (QED) is 0.205. The van der Waals surface area contributed by atoms with Crippen LogP contribution in [-0.4, -0.2) is 43.2 Å². The minimum Gasteiger partial charge on any atom is -0.497 e. The summed E-state index contributed by atoms with van der Waals surface area (Å²) in [6.45, 7) is 1.38. The molecule has 0 spiro atoms. The van der Waals surface area contributed by atoms with E-state index in [1.165, 1.54) is 14.0 Å². The zero-order chi connectivity index (χ0) is 21.4. The molecule has 0 fully saturated rings. The first-order chi connectivity index (χ1) is 13.8. The molecule has 29 heavy (non-hydrogen) atoms. The number of nitrogen functional groups attached to an aromatic ring is 1. The monoisotopic (exact) mass is 401 g/mol. The Labute approximate surface area is 167 Å². The van der Waals surface area contributed by atoms with Crippen molar-refractivity contribution < 1.29 is 28.9 Å². The van der Waals surface area contributed by atoms with Crippen molar-refractivity contribution in [3.05, 3.63) is 53.6 Å². The lowest BCUT2D eigenvalue weighted by Crippen LogP contribution is -2.22. The number of esters is 1. The summed E-state index contributed by atoms with van der Waals surface area (Å²) in [6, 6.07) is 10.2. The minimum atomic E-state index is -1.12. The van der Waals surface area contributed by atoms with Crippen LogP contribution in [-0.2, 0) is 14.3 Å². The molecule has 0 radical (unpaired) electrons. The molecule has 0 aliphatic rings. The van der Waals surface area contributed by atoms with Gasteiger partial charge in [0.25, 0.3) is 0 Å². The summed E-state index contributed by atoms with van der Waals surface area (Å²) in [4.78, 5) is 22.8. The van der Waals surface area contributed by atoms with Gasteiger partial charge in [0.15, 0.2) is 6.04 Å². The number of nitrogens with two attached hydrogens (primary N) is 1. The van der Waals surface area contributed by atoms with Crippen LogP contribution in [0.25, 0.3) is 0 Å². The molecule has 2 aromatic carbocycles. The Hall–Kier alpha value is -3.75. The number of nitrogens with one attached hydrogen (secondary N) is 2. The van der Waals surface area contributed by atoms with Gasteiger partial charge in [0.2, 0.25) is 0 Å². The normalized spacial score (nSPS) is 11.2. The standard InChI is InChI=1S/C20H23N3O6/c1-12(24)28-9-10-29-17-11-15(27-2)7-8-16(17)18(20(25)26)23-14-5-3-13(4-6-14)19(21)22/h3-8,11,18,23H,9-10H2,1-2H3,(H3,21,22)(H,25,26). The maximum absolute atomic E-state index is 11.9. The van der Waals surface area contributed by atoms with Crippen LogP contribution in [0, 0.1) is 5.41 Å². The van der Waals surface area contributed by atoms with Gasteiger partial charge in [-0.05, 0) is 36.4 Å². The van der Waals surface area contributed by atoms with Gasteiger partial charge in [0, 0.05) is 29.8 Å². The fourth-order valence-corrected chi connectivity index (χ4v) is 2.53. The average Bonchev–Trinajstić information content (AvgIpc) is 2.69. The topological polar surface area (TPSA) is 144 Å². The van der Waals surface area contributed by atoms with Crippen molar-refractivity contribution in [2.45, 2.75) is 13.0 Å². The van der Waals surface area contributed by atoms with Crippen LogP contribution in [0.2, 0.25) is 0 Å². The van der Waals surface area contributed by atoms with Gasteiger partial charge in [0.1, 0.15) is 30.5 Å². The van der Waals surface area contributed by atoms with Crippen LogP contribution in [0.3, 0.4) is 0 Å². The second kappa shape index (κ2) is 9.98. The fraction of sp³-hybridized carbons (Fsp3) is 0.250. The number of amidine groups is 1. The molecule has 2 aromatic rings. The highest BCUT2D eigenvalue weighted by Gasteiger charge is 2.24. The van der Waals surface area contributed by atoms with Gasteiger partial charge in [-0.2, -0.15) is 0 Å². The highest BCUT2D eigenvalue weighted by Crippen LogP contribution is 2.32. The summed E-state index contributed by atoms with van der Waals surface area (Å²) in [7, 11) is 1.49. The fourth-order valence-electron chi connectivity index (χ4n) is 2.53. The number of carbonyl (C=O) groups is 2. The second-order valence-corrected chi connectivity index (χ2v) is 6.00. The van der Waals surface area contributed by atoms with E-state index in [1.54, 1.807) is 42.5 Å². The number of carboxylic acids is 1. The Bertz CT molecular complexity index is 882. The van der Waals surface area contributed by atoms with Gasteiger partial charge >= 0.3 is 11.9 Å². The summed E-state index contributed by atoms with van der Waals surface area (Å²) in [5.74, 6) is -0.845. The summed E-state index contributed by atoms with van der Waals surface area (Å²) in [5.41, 5.74) is 6.87. The predicted octanol–water partition coefficient (Wildman–Crippen LogP) is 2.16. The summed E-state index contributed by atoms with van der Waals surface area (Å²) >= 11 is 0. The van der Waals surface area contributed by atoms with Gasteiger partial charge in [0.05, 0.1) is 7.11 Å². The molecule has 9 nitrogen and oxygen atoms in total. The van der Waals surface area contributed by atoms with Crippen molar-refractivity contribution in [2.75, 3.05) is 25.6 Å². The zero-order valence-electron chi connectivity index (χ0n) is 16.1. The number of hydrogen-bond donors (Lipinski definition) is 4. The molecule has 0 aromatic heterocycles. The Balaban J connectivity index is 2.27. The second-order valence-electron chi connectivity index (χ2n) is 6.00. The van der Waals surface area contributed by atoms with Crippen LogP contribution in [0.1, 0.15) is 24.1 Å². The number of rotatable bonds is 10. The number of methoxy groups -OCH3 is 1. The Kier molecular flexibility index (Phi) is 7.41. The van der Waals surface area contributed by atoms with Gasteiger partial charge < -0.3 is 30.4 Å². The average molecular weight is 401 g/mol. The highest BCUT2D eigenvalue weighted by molar-refractivity contribution is 5.95. The largest absolute Gasteiger partial charge is 0.497 e. The molecule has 1 unspecified atom stereocenters. The van der Waals surface area contributed by atoms with Crippen molar-refractivity contribution in [3.63, 3.8) is 0 Å². The predicted molar refractivity (Wildman–Crippen MR) is 107 cm³/mol. The van der Waals surface area contributed by atoms with E-state index in [0.29, 0.717) is 22.6 Å². The molecule has 0 bridgehead atoms. The molecule has 5 N–H and O–H groups in total. The molecule has 0 amide bonds. The van der Waals surface area contributed by atoms with Crippen molar-refractivity contribution in [2.24, 2.45) is 5.73 Å². The molecule has 1 atom stereocenters. The summed E-state index contributed by atoms with van der Waals surface area (Å²) < 4.78 is 15.7. The third-order valence-electron chi connectivity index (χ3n) is 3.93. The van der Waals surface area contributed by atoms with Gasteiger partial charge in [-0.15, -0.1) is 0 Å². The highest BCUT2D eigenvalue weighted by atomic mass is 16.6. The van der Waals surface area contributed by atoms with Crippen LogP contribution < -0.4 is 20.5 Å². The maximum atomic E-state index is 11.9. The third kappa shape index (κ3) is 6.13. The molecule has 0 heterocycles. The Morgan fingerprint density at radius 3 is 2.41 bits per heavy atom. The van der Waals surface area contributed by atoms with E-state index >= 15 is 0 Å². The number of ether oxygens (including phenoxy) is 3. The van der Waals surface area contributed by atoms with Crippen LogP contribution >= 0.6 is 0 Å². The molecular formula is C20H23N3O6. The third-order valence-corrected chi connectivity index (χ3v) is 3.93. The van der Waals surface area contributed by atoms with Crippen molar-refractivity contribution >= 4 is 23.5 Å². The van der Waals surface area contributed by atoms with Crippen molar-refractivity contribution in [3.8, 4) is 11.5 Å². The number of carbonyl (C=O) groups excluding carboxylic acids is 1. The minimum absolute atomic E-state index is 0.0314. The van der Waals surface area contributed by atoms with E-state index in [-0.39, 0.29) is 24.8 Å². The molecule has 0 saturated heterocycles. The van der Waals surface area contributed by atoms with E-state index in [9.17, 15) is 14.7 Å². The van der Waals surface area contributed by atoms with Crippen molar-refractivity contribution in [1.82, 2.24) is 0 Å². The van der Waals surface area contributed by atoms with E-state index < -0.39 is 18.0 Å². The maximum Gasteiger partial charge on any atom is 0.330 e. The van der Waals surface area contributed by atoms with Crippen molar-refractivity contribution in [1.29, 1.82) is 5.41 Å². The molecular weight excluding hydrogens is 378 g/mol. The van der Waals surface area contributed by atoms with Gasteiger partial charge in [-0.25, -0.2) is 4.79 Å². The summed E-state index contributed by atoms with van der Waals surface area (Å²) in [6.07, 6.45) is 0. The lowest BCUT2D eigenvalue weighted by molar-refractivity contribution is -0.141. The lowest BCUT2D eigenvalue weighted by Gasteiger charge is -2.20. The molecule has 0 saturated carbocycles. The molecule has 9 heteroatoms. The molecule has 0 aliphatic carbocycles. The lowest BCUT2D eigenvalue weighted by atomic mass is 10.0. The Morgan fingerprint density at radius 1 is 1.17 bits per heavy atom. The number of anilines is 1. The first-order valence-corrected chi connectivity index (χ1v) is 8.69. The summed E-state index contributed by atoms with van der Waals surface area (Å²) in [5, 5.41) is 20.1. The van der Waals surface area contributed by atoms with E-state index in [4.69, 9.17) is 25.4 Å².